The van der Waals surface area contributed by atoms with Crippen LogP contribution >= 0.6 is 11.8 Å². The molecule has 1 aliphatic heterocycles. The summed E-state index contributed by atoms with van der Waals surface area (Å²) >= 11 is 1.36. The fourth-order valence-corrected chi connectivity index (χ4v) is 2.74. The molecule has 0 amide bonds. The largest absolute Gasteiger partial charge is 0.303 e. The molecule has 0 N–H and O–H groups in total. The Morgan fingerprint density at radius 2 is 2.00 bits per heavy atom. The van der Waals surface area contributed by atoms with E-state index in [1.54, 1.807) is 0 Å². The lowest BCUT2D eigenvalue weighted by Crippen LogP contribution is -2.35. The van der Waals surface area contributed by atoms with Gasteiger partial charge < -0.3 is 4.90 Å². The Morgan fingerprint density at radius 1 is 1.38 bits per heavy atom. The second-order valence-electron chi connectivity index (χ2n) is 5.10. The Hall–Kier alpha value is -0.0200. The summed E-state index contributed by atoms with van der Waals surface area (Å²) in [7, 11) is 0. The molecule has 1 fully saturated rings. The fourth-order valence-electron chi connectivity index (χ4n) is 2.39. The number of likely N-dealkylation sites (tertiary alicyclic amines) is 1. The van der Waals surface area contributed by atoms with E-state index in [1.165, 1.54) is 37.7 Å². The smallest absolute Gasteiger partial charge is 0.188 e. The molecule has 0 bridgehead atoms. The van der Waals surface area contributed by atoms with E-state index >= 15 is 0 Å². The highest BCUT2D eigenvalue weighted by Crippen LogP contribution is 2.24. The number of carbonyl (C=O) groups excluding carboxylic acids is 1. The van der Waals surface area contributed by atoms with Crippen LogP contribution in [0.25, 0.3) is 0 Å². The van der Waals surface area contributed by atoms with Crippen LogP contribution in [0.1, 0.15) is 39.5 Å². The predicted molar refractivity (Wildman–Crippen MR) is 71.8 cm³/mol. The first kappa shape index (κ1) is 14.0. The molecule has 0 aromatic carbocycles. The number of thioether (sulfide) groups is 1. The third-order valence-corrected chi connectivity index (χ3v) is 4.32. The summed E-state index contributed by atoms with van der Waals surface area (Å²) in [5.41, 5.74) is 0. The van der Waals surface area contributed by atoms with E-state index < -0.39 is 0 Å². The van der Waals surface area contributed by atoms with Gasteiger partial charge in [0.2, 0.25) is 0 Å². The fraction of sp³-hybridized carbons (Fsp3) is 0.923. The van der Waals surface area contributed by atoms with Gasteiger partial charge in [-0.3, -0.25) is 4.79 Å². The maximum absolute atomic E-state index is 11.1. The predicted octanol–water partition coefficient (Wildman–Crippen LogP) is 3.02. The Kier molecular flexibility index (Phi) is 6.44. The van der Waals surface area contributed by atoms with E-state index in [0.717, 1.165) is 31.2 Å². The molecule has 1 saturated heterocycles. The van der Waals surface area contributed by atoms with Crippen LogP contribution in [0.15, 0.2) is 0 Å². The van der Waals surface area contributed by atoms with Crippen molar-refractivity contribution in [1.82, 2.24) is 4.90 Å². The molecule has 0 aromatic rings. The SMILES string of the molecule is CSC(=O)CCCN1CCC(C(C)C)CC1. The Bertz CT molecular complexity index is 210. The molecule has 0 aliphatic carbocycles. The monoisotopic (exact) mass is 243 g/mol. The number of nitrogens with zero attached hydrogens (tertiary/aromatic N) is 1. The number of piperidine rings is 1. The summed E-state index contributed by atoms with van der Waals surface area (Å²) < 4.78 is 0. The number of rotatable bonds is 5. The summed E-state index contributed by atoms with van der Waals surface area (Å²) in [6.07, 6.45) is 6.33. The Morgan fingerprint density at radius 3 is 2.50 bits per heavy atom. The third-order valence-electron chi connectivity index (χ3n) is 3.66. The minimum atomic E-state index is 0.331. The van der Waals surface area contributed by atoms with Crippen LogP contribution < -0.4 is 0 Å². The molecule has 0 saturated carbocycles. The molecule has 3 heteroatoms. The Balaban J connectivity index is 2.10. The lowest BCUT2D eigenvalue weighted by Gasteiger charge is -2.33. The van der Waals surface area contributed by atoms with Gasteiger partial charge in [-0.05, 0) is 57.0 Å². The number of carbonyl (C=O) groups is 1. The average molecular weight is 243 g/mol. The summed E-state index contributed by atoms with van der Waals surface area (Å²) in [5.74, 6) is 1.75. The van der Waals surface area contributed by atoms with E-state index in [9.17, 15) is 4.79 Å². The highest BCUT2D eigenvalue weighted by molar-refractivity contribution is 8.13. The minimum absolute atomic E-state index is 0.331. The van der Waals surface area contributed by atoms with E-state index in [-0.39, 0.29) is 0 Å². The van der Waals surface area contributed by atoms with Crippen molar-refractivity contribution in [3.8, 4) is 0 Å². The average Bonchev–Trinajstić information content (AvgIpc) is 2.29. The van der Waals surface area contributed by atoms with Crippen molar-refractivity contribution in [2.45, 2.75) is 39.5 Å². The van der Waals surface area contributed by atoms with E-state index in [4.69, 9.17) is 0 Å². The topological polar surface area (TPSA) is 20.3 Å². The summed E-state index contributed by atoms with van der Waals surface area (Å²) in [4.78, 5) is 13.7. The highest BCUT2D eigenvalue weighted by Gasteiger charge is 2.20. The van der Waals surface area contributed by atoms with Gasteiger partial charge >= 0.3 is 0 Å². The van der Waals surface area contributed by atoms with Crippen molar-refractivity contribution < 1.29 is 4.79 Å². The zero-order valence-corrected chi connectivity index (χ0v) is 11.7. The molecule has 0 spiro atoms. The van der Waals surface area contributed by atoms with Gasteiger partial charge in [-0.1, -0.05) is 25.6 Å². The maximum Gasteiger partial charge on any atom is 0.188 e. The molecule has 0 aromatic heterocycles. The van der Waals surface area contributed by atoms with Gasteiger partial charge in [0.25, 0.3) is 0 Å². The van der Waals surface area contributed by atoms with Crippen LogP contribution in [-0.2, 0) is 4.79 Å². The molecule has 1 heterocycles. The molecule has 0 atom stereocenters. The van der Waals surface area contributed by atoms with Gasteiger partial charge in [0.1, 0.15) is 0 Å². The lowest BCUT2D eigenvalue weighted by atomic mass is 9.87. The first-order valence-corrected chi connectivity index (χ1v) is 7.65. The second-order valence-corrected chi connectivity index (χ2v) is 5.97. The van der Waals surface area contributed by atoms with Crippen LogP contribution in [0.4, 0.5) is 0 Å². The van der Waals surface area contributed by atoms with Crippen molar-refractivity contribution >= 4 is 16.9 Å². The van der Waals surface area contributed by atoms with Gasteiger partial charge in [0.15, 0.2) is 5.12 Å². The third kappa shape index (κ3) is 4.88. The van der Waals surface area contributed by atoms with Crippen LogP contribution in [0, 0.1) is 11.8 Å². The number of hydrogen-bond acceptors (Lipinski definition) is 3. The quantitative estimate of drug-likeness (QED) is 0.740. The second kappa shape index (κ2) is 7.33. The van der Waals surface area contributed by atoms with Crippen LogP contribution in [0.2, 0.25) is 0 Å². The molecule has 1 aliphatic rings. The molecular formula is C13H25NOS. The van der Waals surface area contributed by atoms with Gasteiger partial charge in [-0.2, -0.15) is 0 Å². The zero-order chi connectivity index (χ0) is 12.0. The molecule has 1 rings (SSSR count). The molecule has 94 valence electrons. The van der Waals surface area contributed by atoms with E-state index in [1.807, 2.05) is 6.26 Å². The Labute approximate surface area is 104 Å². The van der Waals surface area contributed by atoms with Crippen LogP contribution in [0.3, 0.4) is 0 Å². The highest BCUT2D eigenvalue weighted by atomic mass is 32.2. The standard InChI is InChI=1S/C13H25NOS/c1-11(2)12-6-9-14(10-7-12)8-4-5-13(15)16-3/h11-12H,4-10H2,1-3H3. The summed E-state index contributed by atoms with van der Waals surface area (Å²) in [5, 5.41) is 0.331. The van der Waals surface area contributed by atoms with Crippen molar-refractivity contribution in [3.63, 3.8) is 0 Å². The summed E-state index contributed by atoms with van der Waals surface area (Å²) in [6.45, 7) is 8.23. The van der Waals surface area contributed by atoms with Crippen molar-refractivity contribution in [1.29, 1.82) is 0 Å². The van der Waals surface area contributed by atoms with Crippen LogP contribution in [-0.4, -0.2) is 35.9 Å². The van der Waals surface area contributed by atoms with E-state index in [2.05, 4.69) is 18.7 Å². The van der Waals surface area contributed by atoms with E-state index in [0.29, 0.717) is 5.12 Å². The molecular weight excluding hydrogens is 218 g/mol. The summed E-state index contributed by atoms with van der Waals surface area (Å²) in [6, 6.07) is 0. The molecule has 16 heavy (non-hydrogen) atoms. The van der Waals surface area contributed by atoms with Gasteiger partial charge in [-0.15, -0.1) is 0 Å². The lowest BCUT2D eigenvalue weighted by molar-refractivity contribution is -0.111. The molecule has 2 nitrogen and oxygen atoms in total. The van der Waals surface area contributed by atoms with Gasteiger partial charge in [-0.25, -0.2) is 0 Å². The van der Waals surface area contributed by atoms with Gasteiger partial charge in [0, 0.05) is 6.42 Å². The molecule has 0 radical (unpaired) electrons. The number of hydrogen-bond donors (Lipinski definition) is 0. The minimum Gasteiger partial charge on any atom is -0.303 e. The van der Waals surface area contributed by atoms with Gasteiger partial charge in [0.05, 0.1) is 0 Å². The molecule has 0 unspecified atom stereocenters. The van der Waals surface area contributed by atoms with Crippen molar-refractivity contribution in [3.05, 3.63) is 0 Å². The van der Waals surface area contributed by atoms with Crippen molar-refractivity contribution in [2.75, 3.05) is 25.9 Å². The zero-order valence-electron chi connectivity index (χ0n) is 10.9. The van der Waals surface area contributed by atoms with Crippen LogP contribution in [0.5, 0.6) is 0 Å². The first-order chi connectivity index (χ1) is 7.63. The maximum atomic E-state index is 11.1. The first-order valence-electron chi connectivity index (χ1n) is 6.42. The normalized spacial score (nSPS) is 19.2. The van der Waals surface area contributed by atoms with Crippen molar-refractivity contribution in [2.24, 2.45) is 11.8 Å².